The van der Waals surface area contributed by atoms with Gasteiger partial charge in [0.05, 0.1) is 18.8 Å². The van der Waals surface area contributed by atoms with Crippen LogP contribution >= 0.6 is 15.9 Å². The van der Waals surface area contributed by atoms with Crippen LogP contribution in [0.4, 0.5) is 0 Å². The summed E-state index contributed by atoms with van der Waals surface area (Å²) in [5.41, 5.74) is 2.39. The zero-order valence-corrected chi connectivity index (χ0v) is 16.6. The zero-order valence-electron chi connectivity index (χ0n) is 15.0. The van der Waals surface area contributed by atoms with Crippen molar-refractivity contribution < 1.29 is 19.4 Å². The van der Waals surface area contributed by atoms with Crippen LogP contribution in [-0.2, 0) is 13.1 Å². The molecule has 0 aliphatic rings. The van der Waals surface area contributed by atoms with Crippen LogP contribution in [0.2, 0.25) is 0 Å². The van der Waals surface area contributed by atoms with Gasteiger partial charge in [0.25, 0.3) is 0 Å². The van der Waals surface area contributed by atoms with E-state index in [0.29, 0.717) is 31.9 Å². The van der Waals surface area contributed by atoms with Crippen LogP contribution in [0.5, 0.6) is 11.5 Å². The molecule has 0 aliphatic heterocycles. The molecular weight excluding hydrogens is 398 g/mol. The SMILES string of the molecule is CCCOc1cc(Br)c(CNCc2ccc(C(=O)O)cc2)cc1OCC. The number of carbonyl (C=O) groups is 1. The quantitative estimate of drug-likeness (QED) is 0.585. The van der Waals surface area contributed by atoms with Gasteiger partial charge in [-0.05, 0) is 48.7 Å². The van der Waals surface area contributed by atoms with Gasteiger partial charge in [0.2, 0.25) is 0 Å². The summed E-state index contributed by atoms with van der Waals surface area (Å²) in [5.74, 6) is 0.572. The third kappa shape index (κ3) is 5.75. The molecule has 0 unspecified atom stereocenters. The van der Waals surface area contributed by atoms with Crippen molar-refractivity contribution in [2.24, 2.45) is 0 Å². The van der Waals surface area contributed by atoms with Crippen LogP contribution in [0.15, 0.2) is 40.9 Å². The highest BCUT2D eigenvalue weighted by Crippen LogP contribution is 2.34. The van der Waals surface area contributed by atoms with E-state index in [-0.39, 0.29) is 0 Å². The predicted octanol–water partition coefficient (Wildman–Crippen LogP) is 4.62. The smallest absolute Gasteiger partial charge is 0.335 e. The van der Waals surface area contributed by atoms with E-state index in [9.17, 15) is 4.79 Å². The molecule has 2 aromatic carbocycles. The van der Waals surface area contributed by atoms with E-state index >= 15 is 0 Å². The highest BCUT2D eigenvalue weighted by molar-refractivity contribution is 9.10. The largest absolute Gasteiger partial charge is 0.490 e. The molecule has 26 heavy (non-hydrogen) atoms. The Balaban J connectivity index is 2.01. The van der Waals surface area contributed by atoms with Crippen molar-refractivity contribution in [3.8, 4) is 11.5 Å². The van der Waals surface area contributed by atoms with Crippen LogP contribution in [0.1, 0.15) is 41.8 Å². The maximum absolute atomic E-state index is 10.9. The number of ether oxygens (including phenoxy) is 2. The van der Waals surface area contributed by atoms with Crippen LogP contribution in [-0.4, -0.2) is 24.3 Å². The van der Waals surface area contributed by atoms with E-state index in [1.807, 2.05) is 31.2 Å². The molecule has 0 amide bonds. The lowest BCUT2D eigenvalue weighted by Gasteiger charge is -2.15. The number of halogens is 1. The predicted molar refractivity (Wildman–Crippen MR) is 105 cm³/mol. The van der Waals surface area contributed by atoms with Gasteiger partial charge < -0.3 is 19.9 Å². The van der Waals surface area contributed by atoms with Crippen molar-refractivity contribution in [3.63, 3.8) is 0 Å². The van der Waals surface area contributed by atoms with Gasteiger partial charge in [0.15, 0.2) is 11.5 Å². The van der Waals surface area contributed by atoms with E-state index < -0.39 is 5.97 Å². The second kappa shape index (κ2) is 10.2. The Bertz CT molecular complexity index is 731. The van der Waals surface area contributed by atoms with Crippen molar-refractivity contribution in [2.45, 2.75) is 33.4 Å². The van der Waals surface area contributed by atoms with Crippen LogP contribution < -0.4 is 14.8 Å². The van der Waals surface area contributed by atoms with Gasteiger partial charge >= 0.3 is 5.97 Å². The summed E-state index contributed by atoms with van der Waals surface area (Å²) in [6, 6.07) is 10.8. The molecule has 0 saturated heterocycles. The summed E-state index contributed by atoms with van der Waals surface area (Å²) in [6.45, 7) is 6.53. The summed E-state index contributed by atoms with van der Waals surface area (Å²) < 4.78 is 12.4. The van der Waals surface area contributed by atoms with E-state index in [0.717, 1.165) is 33.5 Å². The molecule has 0 fully saturated rings. The minimum atomic E-state index is -0.915. The number of nitrogens with one attached hydrogen (secondary N) is 1. The maximum atomic E-state index is 10.9. The molecule has 140 valence electrons. The average Bonchev–Trinajstić information content (AvgIpc) is 2.63. The summed E-state index contributed by atoms with van der Waals surface area (Å²) in [4.78, 5) is 10.9. The minimum Gasteiger partial charge on any atom is -0.490 e. The number of aromatic carboxylic acids is 1. The van der Waals surface area contributed by atoms with Gasteiger partial charge in [-0.1, -0.05) is 35.0 Å². The second-order valence-corrected chi connectivity index (χ2v) is 6.63. The van der Waals surface area contributed by atoms with E-state index in [2.05, 4.69) is 28.2 Å². The molecule has 0 aromatic heterocycles. The number of rotatable bonds is 10. The topological polar surface area (TPSA) is 67.8 Å². The fourth-order valence-corrected chi connectivity index (χ4v) is 2.88. The third-order valence-corrected chi connectivity index (χ3v) is 4.46. The van der Waals surface area contributed by atoms with Gasteiger partial charge in [-0.25, -0.2) is 4.79 Å². The maximum Gasteiger partial charge on any atom is 0.335 e. The normalized spacial score (nSPS) is 10.6. The van der Waals surface area contributed by atoms with E-state index in [4.69, 9.17) is 14.6 Å². The highest BCUT2D eigenvalue weighted by atomic mass is 79.9. The molecule has 2 rings (SSSR count). The first-order chi connectivity index (χ1) is 12.5. The molecule has 0 heterocycles. The fraction of sp³-hybridized carbons (Fsp3) is 0.350. The van der Waals surface area contributed by atoms with Gasteiger partial charge in [-0.2, -0.15) is 0 Å². The van der Waals surface area contributed by atoms with Gasteiger partial charge in [0, 0.05) is 17.6 Å². The highest BCUT2D eigenvalue weighted by Gasteiger charge is 2.11. The summed E-state index contributed by atoms with van der Waals surface area (Å²) in [7, 11) is 0. The first kappa shape index (κ1) is 20.3. The van der Waals surface area contributed by atoms with Gasteiger partial charge in [0.1, 0.15) is 0 Å². The van der Waals surface area contributed by atoms with E-state index in [1.165, 1.54) is 0 Å². The number of hydrogen-bond donors (Lipinski definition) is 2. The Labute approximate surface area is 162 Å². The molecular formula is C20H24BrNO4. The Morgan fingerprint density at radius 3 is 2.38 bits per heavy atom. The molecule has 2 aromatic rings. The Morgan fingerprint density at radius 1 is 1.08 bits per heavy atom. The van der Waals surface area contributed by atoms with Crippen molar-refractivity contribution in [1.29, 1.82) is 0 Å². The van der Waals surface area contributed by atoms with Crippen molar-refractivity contribution in [1.82, 2.24) is 5.32 Å². The Morgan fingerprint density at radius 2 is 1.77 bits per heavy atom. The molecule has 0 saturated carbocycles. The van der Waals surface area contributed by atoms with Crippen molar-refractivity contribution in [2.75, 3.05) is 13.2 Å². The lowest BCUT2D eigenvalue weighted by atomic mass is 10.1. The van der Waals surface area contributed by atoms with Gasteiger partial charge in [-0.3, -0.25) is 0 Å². The Hall–Kier alpha value is -2.05. The molecule has 0 radical (unpaired) electrons. The zero-order chi connectivity index (χ0) is 18.9. The molecule has 6 heteroatoms. The number of hydrogen-bond acceptors (Lipinski definition) is 4. The molecule has 0 aliphatic carbocycles. The molecule has 2 N–H and O–H groups in total. The second-order valence-electron chi connectivity index (χ2n) is 5.78. The summed E-state index contributed by atoms with van der Waals surface area (Å²) in [6.07, 6.45) is 0.938. The monoisotopic (exact) mass is 421 g/mol. The molecule has 0 bridgehead atoms. The lowest BCUT2D eigenvalue weighted by Crippen LogP contribution is -2.13. The lowest BCUT2D eigenvalue weighted by molar-refractivity contribution is 0.0697. The first-order valence-corrected chi connectivity index (χ1v) is 9.45. The van der Waals surface area contributed by atoms with Crippen LogP contribution in [0, 0.1) is 0 Å². The average molecular weight is 422 g/mol. The number of carboxylic acids is 1. The van der Waals surface area contributed by atoms with Crippen LogP contribution in [0.25, 0.3) is 0 Å². The van der Waals surface area contributed by atoms with Crippen molar-refractivity contribution >= 4 is 21.9 Å². The molecule has 0 atom stereocenters. The summed E-state index contributed by atoms with van der Waals surface area (Å²) in [5, 5.41) is 12.3. The van der Waals surface area contributed by atoms with Crippen molar-refractivity contribution in [3.05, 3.63) is 57.6 Å². The Kier molecular flexibility index (Phi) is 7.94. The third-order valence-electron chi connectivity index (χ3n) is 3.72. The first-order valence-electron chi connectivity index (χ1n) is 8.66. The van der Waals surface area contributed by atoms with Gasteiger partial charge in [-0.15, -0.1) is 0 Å². The minimum absolute atomic E-state index is 0.292. The summed E-state index contributed by atoms with van der Waals surface area (Å²) >= 11 is 3.60. The van der Waals surface area contributed by atoms with Crippen LogP contribution in [0.3, 0.4) is 0 Å². The number of benzene rings is 2. The number of carboxylic acid groups (broad SMARTS) is 1. The van der Waals surface area contributed by atoms with E-state index in [1.54, 1.807) is 12.1 Å². The molecule has 0 spiro atoms. The standard InChI is InChI=1S/C20H24BrNO4/c1-3-9-26-19-11-17(21)16(10-18(19)25-4-2)13-22-12-14-5-7-15(8-6-14)20(23)24/h5-8,10-11,22H,3-4,9,12-13H2,1-2H3,(H,23,24). The molecule has 5 nitrogen and oxygen atoms in total. The fourth-order valence-electron chi connectivity index (χ4n) is 2.41.